The third kappa shape index (κ3) is 3.11. The summed E-state index contributed by atoms with van der Waals surface area (Å²) in [5, 5.41) is 7.71. The highest BCUT2D eigenvalue weighted by molar-refractivity contribution is 7.07. The maximum absolute atomic E-state index is 3.42. The van der Waals surface area contributed by atoms with Crippen molar-refractivity contribution in [1.29, 1.82) is 0 Å². The molecule has 0 aliphatic rings. The molecule has 0 bridgehead atoms. The summed E-state index contributed by atoms with van der Waals surface area (Å²) in [4.78, 5) is 0. The molecule has 0 fully saturated rings. The number of aryl methyl sites for hydroxylation is 1. The summed E-state index contributed by atoms with van der Waals surface area (Å²) in [6, 6.07) is 10.9. The maximum Gasteiger partial charge on any atom is 0.0409 e. The number of hydrogen-bond donors (Lipinski definition) is 1. The summed E-state index contributed by atoms with van der Waals surface area (Å²) in [5.41, 5.74) is 3.97. The van der Waals surface area contributed by atoms with E-state index < -0.39 is 0 Å². The number of nitrogens with one attached hydrogen (secondary N) is 1. The molecule has 0 saturated carbocycles. The largest absolute Gasteiger partial charge is 0.381 e. The predicted molar refractivity (Wildman–Crippen MR) is 72.1 cm³/mol. The lowest BCUT2D eigenvalue weighted by Crippen LogP contribution is -1.97. The van der Waals surface area contributed by atoms with Gasteiger partial charge in [-0.1, -0.05) is 25.5 Å². The molecular weight excluding hydrogens is 214 g/mol. The van der Waals surface area contributed by atoms with Gasteiger partial charge >= 0.3 is 0 Å². The average molecular weight is 231 g/mol. The molecule has 2 heteroatoms. The molecule has 0 aliphatic carbocycles. The van der Waals surface area contributed by atoms with E-state index >= 15 is 0 Å². The Morgan fingerprint density at radius 3 is 2.50 bits per heavy atom. The van der Waals surface area contributed by atoms with Crippen molar-refractivity contribution >= 4 is 17.0 Å². The smallest absolute Gasteiger partial charge is 0.0409 e. The molecule has 1 aromatic carbocycles. The summed E-state index contributed by atoms with van der Waals surface area (Å²) in [6.07, 6.45) is 2.38. The van der Waals surface area contributed by atoms with Crippen LogP contribution in [0.3, 0.4) is 0 Å². The molecule has 1 aromatic heterocycles. The van der Waals surface area contributed by atoms with Gasteiger partial charge < -0.3 is 5.32 Å². The third-order valence-corrected chi connectivity index (χ3v) is 3.30. The first-order chi connectivity index (χ1) is 7.88. The van der Waals surface area contributed by atoms with E-state index in [2.05, 4.69) is 53.3 Å². The monoisotopic (exact) mass is 231 g/mol. The fourth-order valence-corrected chi connectivity index (χ4v) is 2.34. The van der Waals surface area contributed by atoms with Crippen molar-refractivity contribution in [2.45, 2.75) is 26.3 Å². The minimum absolute atomic E-state index is 0.913. The van der Waals surface area contributed by atoms with Gasteiger partial charge in [-0.2, -0.15) is 11.3 Å². The molecule has 1 heterocycles. The van der Waals surface area contributed by atoms with Gasteiger partial charge in [0.15, 0.2) is 0 Å². The molecule has 0 aliphatic heterocycles. The molecule has 1 nitrogen and oxygen atoms in total. The normalized spacial score (nSPS) is 10.3. The molecule has 0 saturated heterocycles. The summed E-state index contributed by atoms with van der Waals surface area (Å²) < 4.78 is 0. The van der Waals surface area contributed by atoms with Gasteiger partial charge in [-0.25, -0.2) is 0 Å². The number of hydrogen-bond acceptors (Lipinski definition) is 2. The predicted octanol–water partition coefficient (Wildman–Crippen LogP) is 4.31. The lowest BCUT2D eigenvalue weighted by Gasteiger charge is -2.06. The van der Waals surface area contributed by atoms with Gasteiger partial charge in [0.1, 0.15) is 0 Å². The van der Waals surface area contributed by atoms with E-state index in [0.29, 0.717) is 0 Å². The molecular formula is C14H17NS. The van der Waals surface area contributed by atoms with Gasteiger partial charge in [-0.3, -0.25) is 0 Å². The van der Waals surface area contributed by atoms with Gasteiger partial charge in [-0.15, -0.1) is 0 Å². The molecule has 0 unspecified atom stereocenters. The van der Waals surface area contributed by atoms with Gasteiger partial charge in [0.2, 0.25) is 0 Å². The van der Waals surface area contributed by atoms with Crippen molar-refractivity contribution in [2.75, 3.05) is 5.32 Å². The first-order valence-corrected chi connectivity index (χ1v) is 6.66. The third-order valence-electron chi connectivity index (χ3n) is 2.57. The second-order valence-electron chi connectivity index (χ2n) is 3.93. The summed E-state index contributed by atoms with van der Waals surface area (Å²) in [6.45, 7) is 3.12. The Bertz CT molecular complexity index is 403. The fraction of sp³-hybridized carbons (Fsp3) is 0.286. The molecule has 0 amide bonds. The lowest BCUT2D eigenvalue weighted by molar-refractivity contribution is 0.922. The van der Waals surface area contributed by atoms with Crippen LogP contribution in [0.15, 0.2) is 41.1 Å². The van der Waals surface area contributed by atoms with Crippen molar-refractivity contribution in [3.05, 3.63) is 52.2 Å². The first-order valence-electron chi connectivity index (χ1n) is 5.72. The minimum Gasteiger partial charge on any atom is -0.381 e. The molecule has 1 N–H and O–H groups in total. The molecule has 0 spiro atoms. The molecule has 84 valence electrons. The van der Waals surface area contributed by atoms with E-state index in [1.54, 1.807) is 11.3 Å². The Morgan fingerprint density at radius 1 is 1.06 bits per heavy atom. The number of benzene rings is 1. The second kappa shape index (κ2) is 5.71. The Hall–Kier alpha value is -1.28. The summed E-state index contributed by atoms with van der Waals surface area (Å²) in [5.74, 6) is 0. The highest BCUT2D eigenvalue weighted by Crippen LogP contribution is 2.13. The van der Waals surface area contributed by atoms with E-state index in [-0.39, 0.29) is 0 Å². The zero-order valence-electron chi connectivity index (χ0n) is 9.57. The van der Waals surface area contributed by atoms with Crippen molar-refractivity contribution in [3.8, 4) is 0 Å². The Labute approximate surface area is 101 Å². The van der Waals surface area contributed by atoms with Crippen molar-refractivity contribution < 1.29 is 0 Å². The van der Waals surface area contributed by atoms with Gasteiger partial charge in [0, 0.05) is 12.2 Å². The van der Waals surface area contributed by atoms with Crippen LogP contribution < -0.4 is 5.32 Å². The zero-order chi connectivity index (χ0) is 11.2. The van der Waals surface area contributed by atoms with Crippen molar-refractivity contribution in [1.82, 2.24) is 0 Å². The van der Waals surface area contributed by atoms with Gasteiger partial charge in [-0.05, 0) is 46.5 Å². The SMILES string of the molecule is CCCc1ccc(NCc2ccsc2)cc1. The number of rotatable bonds is 5. The van der Waals surface area contributed by atoms with Crippen LogP contribution in [0.2, 0.25) is 0 Å². The van der Waals surface area contributed by atoms with Gasteiger partial charge in [0.25, 0.3) is 0 Å². The van der Waals surface area contributed by atoms with Crippen LogP contribution in [-0.2, 0) is 13.0 Å². The lowest BCUT2D eigenvalue weighted by atomic mass is 10.1. The maximum atomic E-state index is 3.42. The molecule has 0 atom stereocenters. The fourth-order valence-electron chi connectivity index (χ4n) is 1.68. The summed E-state index contributed by atoms with van der Waals surface area (Å²) in [7, 11) is 0. The van der Waals surface area contributed by atoms with Crippen LogP contribution in [0.25, 0.3) is 0 Å². The summed E-state index contributed by atoms with van der Waals surface area (Å²) >= 11 is 1.74. The molecule has 0 radical (unpaired) electrons. The number of anilines is 1. The minimum atomic E-state index is 0.913. The Balaban J connectivity index is 1.90. The topological polar surface area (TPSA) is 12.0 Å². The quantitative estimate of drug-likeness (QED) is 0.808. The molecule has 2 aromatic rings. The van der Waals surface area contributed by atoms with Crippen LogP contribution >= 0.6 is 11.3 Å². The van der Waals surface area contributed by atoms with Crippen LogP contribution in [0.1, 0.15) is 24.5 Å². The van der Waals surface area contributed by atoms with E-state index in [0.717, 1.165) is 6.54 Å². The molecule has 16 heavy (non-hydrogen) atoms. The Kier molecular flexibility index (Phi) is 4.00. The van der Waals surface area contributed by atoms with E-state index in [9.17, 15) is 0 Å². The first kappa shape index (κ1) is 11.2. The van der Waals surface area contributed by atoms with Crippen LogP contribution in [-0.4, -0.2) is 0 Å². The highest BCUT2D eigenvalue weighted by atomic mass is 32.1. The Morgan fingerprint density at radius 2 is 1.88 bits per heavy atom. The van der Waals surface area contributed by atoms with E-state index in [1.165, 1.54) is 29.7 Å². The van der Waals surface area contributed by atoms with Gasteiger partial charge in [0.05, 0.1) is 0 Å². The van der Waals surface area contributed by atoms with Crippen molar-refractivity contribution in [3.63, 3.8) is 0 Å². The average Bonchev–Trinajstić information content (AvgIpc) is 2.82. The standard InChI is InChI=1S/C14H17NS/c1-2-3-12-4-6-14(7-5-12)15-10-13-8-9-16-11-13/h4-9,11,15H,2-3,10H2,1H3. The second-order valence-corrected chi connectivity index (χ2v) is 4.71. The molecule has 2 rings (SSSR count). The van der Waals surface area contributed by atoms with Crippen LogP contribution in [0, 0.1) is 0 Å². The van der Waals surface area contributed by atoms with Crippen LogP contribution in [0.5, 0.6) is 0 Å². The van der Waals surface area contributed by atoms with E-state index in [1.807, 2.05) is 0 Å². The highest BCUT2D eigenvalue weighted by Gasteiger charge is 1.95. The zero-order valence-corrected chi connectivity index (χ0v) is 10.4. The van der Waals surface area contributed by atoms with Crippen LogP contribution in [0.4, 0.5) is 5.69 Å². The van der Waals surface area contributed by atoms with E-state index in [4.69, 9.17) is 0 Å². The van der Waals surface area contributed by atoms with Crippen molar-refractivity contribution in [2.24, 2.45) is 0 Å². The number of thiophene rings is 1.